The lowest BCUT2D eigenvalue weighted by molar-refractivity contribution is -0.140. The highest BCUT2D eigenvalue weighted by atomic mass is 32.1. The van der Waals surface area contributed by atoms with Gasteiger partial charge in [-0.2, -0.15) is 0 Å². The van der Waals surface area contributed by atoms with E-state index in [-0.39, 0.29) is 28.6 Å². The molecule has 2 N–H and O–H groups in total. The van der Waals surface area contributed by atoms with Gasteiger partial charge in [-0.25, -0.2) is 4.98 Å². The van der Waals surface area contributed by atoms with Crippen molar-refractivity contribution < 1.29 is 14.4 Å². The normalized spacial score (nSPS) is 22.8. The first-order valence-corrected chi connectivity index (χ1v) is 16.7. The van der Waals surface area contributed by atoms with Gasteiger partial charge in [-0.15, -0.1) is 11.3 Å². The van der Waals surface area contributed by atoms with E-state index in [1.54, 1.807) is 11.3 Å². The van der Waals surface area contributed by atoms with Crippen molar-refractivity contribution in [3.8, 4) is 10.6 Å². The Balaban J connectivity index is 1.21. The summed E-state index contributed by atoms with van der Waals surface area (Å²) in [7, 11) is 0. The number of benzene rings is 2. The lowest BCUT2D eigenvalue weighted by Gasteiger charge is -2.42. The molecule has 2 heterocycles. The third kappa shape index (κ3) is 7.06. The molecule has 1 saturated carbocycles. The number of carbonyl (C=O) groups is 3. The van der Waals surface area contributed by atoms with Gasteiger partial charge < -0.3 is 15.5 Å². The fraction of sp³-hybridized carbons (Fsp3) is 0.500. The van der Waals surface area contributed by atoms with Gasteiger partial charge in [0.05, 0.1) is 5.69 Å². The maximum absolute atomic E-state index is 13.8. The first-order chi connectivity index (χ1) is 20.9. The summed E-state index contributed by atoms with van der Waals surface area (Å²) in [5.74, 6) is -0.204. The molecule has 1 saturated heterocycles. The minimum Gasteiger partial charge on any atom is -0.351 e. The number of rotatable bonds is 8. The average molecular weight is 615 g/mol. The Bertz CT molecular complexity index is 1480. The molecule has 234 valence electrons. The Kier molecular flexibility index (Phi) is 9.30. The number of hydrogen-bond donors (Lipinski definition) is 2. The Morgan fingerprint density at radius 2 is 1.57 bits per heavy atom. The number of nitrogens with zero attached hydrogens (tertiary/aromatic N) is 2. The number of thiazole rings is 1. The lowest BCUT2D eigenvalue weighted by atomic mass is 9.64. The van der Waals surface area contributed by atoms with Gasteiger partial charge in [-0.05, 0) is 55.6 Å². The van der Waals surface area contributed by atoms with Gasteiger partial charge in [-0.3, -0.25) is 14.4 Å². The number of amides is 3. The van der Waals surface area contributed by atoms with E-state index in [1.165, 1.54) is 0 Å². The maximum atomic E-state index is 13.8. The van der Waals surface area contributed by atoms with Crippen molar-refractivity contribution >= 4 is 29.1 Å². The van der Waals surface area contributed by atoms with Crippen LogP contribution in [0.1, 0.15) is 101 Å². The van der Waals surface area contributed by atoms with Gasteiger partial charge in [0.25, 0.3) is 5.91 Å². The van der Waals surface area contributed by atoms with Gasteiger partial charge >= 0.3 is 0 Å². The molecule has 2 aromatic carbocycles. The smallest absolute Gasteiger partial charge is 0.252 e. The molecule has 7 nitrogen and oxygen atoms in total. The molecule has 0 radical (unpaired) electrons. The molecule has 2 fully saturated rings. The molecule has 1 aliphatic carbocycles. The van der Waals surface area contributed by atoms with Crippen molar-refractivity contribution in [3.05, 3.63) is 76.8 Å². The average Bonchev–Trinajstić information content (AvgIpc) is 3.74. The van der Waals surface area contributed by atoms with E-state index in [2.05, 4.69) is 43.7 Å². The Labute approximate surface area is 265 Å². The van der Waals surface area contributed by atoms with Crippen molar-refractivity contribution in [2.24, 2.45) is 10.8 Å². The number of likely N-dealkylation sites (tertiary alicyclic amines) is 1. The topological polar surface area (TPSA) is 91.4 Å². The van der Waals surface area contributed by atoms with Crippen LogP contribution in [0.2, 0.25) is 0 Å². The summed E-state index contributed by atoms with van der Waals surface area (Å²) in [5.41, 5.74) is 2.54. The van der Waals surface area contributed by atoms with Crippen LogP contribution in [0.15, 0.2) is 60.0 Å². The highest BCUT2D eigenvalue weighted by Crippen LogP contribution is 2.45. The molecule has 1 aliphatic heterocycles. The van der Waals surface area contributed by atoms with Crippen LogP contribution in [0, 0.1) is 10.8 Å². The van der Waals surface area contributed by atoms with Crippen LogP contribution in [-0.2, 0) is 15.0 Å². The molecule has 1 aromatic heterocycles. The van der Waals surface area contributed by atoms with Crippen LogP contribution < -0.4 is 10.6 Å². The van der Waals surface area contributed by atoms with Crippen LogP contribution in [-0.4, -0.2) is 47.2 Å². The predicted octanol–water partition coefficient (Wildman–Crippen LogP) is 6.90. The molecule has 3 amide bonds. The van der Waals surface area contributed by atoms with E-state index in [0.717, 1.165) is 60.6 Å². The van der Waals surface area contributed by atoms with E-state index in [9.17, 15) is 14.4 Å². The number of carbonyl (C=O) groups excluding carboxylic acids is 3. The minimum absolute atomic E-state index is 0.0262. The minimum atomic E-state index is -0.677. The summed E-state index contributed by atoms with van der Waals surface area (Å²) >= 11 is 1.57. The van der Waals surface area contributed by atoms with Crippen LogP contribution in [0.4, 0.5) is 0 Å². The van der Waals surface area contributed by atoms with Crippen LogP contribution in [0.5, 0.6) is 0 Å². The standard InChI is InChI=1S/C36H46N4O3S/c1-34(2,3)28-23-44-31(38-28)27-16-10-9-15-26(27)30(41)37-24-35(4)17-19-36(5,20-18-35)33(43)39-29(25-13-7-6-8-14-25)32(42)40-21-11-12-22-40/h6-10,13-16,23,29H,11-12,17-22,24H2,1-5H3,(H,37,41)(H,39,43)/t29-,35?,36?/m0/s1. The Morgan fingerprint density at radius 3 is 2.20 bits per heavy atom. The van der Waals surface area contributed by atoms with Crippen LogP contribution >= 0.6 is 11.3 Å². The molecule has 5 rings (SSSR count). The summed E-state index contributed by atoms with van der Waals surface area (Å²) < 4.78 is 0. The summed E-state index contributed by atoms with van der Waals surface area (Å²) in [6, 6.07) is 16.5. The second-order valence-corrected chi connectivity index (χ2v) is 15.1. The number of hydrogen-bond acceptors (Lipinski definition) is 5. The highest BCUT2D eigenvalue weighted by molar-refractivity contribution is 7.13. The second kappa shape index (κ2) is 12.8. The molecule has 1 atom stereocenters. The van der Waals surface area contributed by atoms with Crippen molar-refractivity contribution in [3.63, 3.8) is 0 Å². The second-order valence-electron chi connectivity index (χ2n) is 14.2. The first-order valence-electron chi connectivity index (χ1n) is 15.9. The zero-order chi connectivity index (χ0) is 31.5. The summed E-state index contributed by atoms with van der Waals surface area (Å²) in [5, 5.41) is 9.27. The van der Waals surface area contributed by atoms with E-state index in [4.69, 9.17) is 4.98 Å². The molecular weight excluding hydrogens is 568 g/mol. The molecule has 0 bridgehead atoms. The van der Waals surface area contributed by atoms with Gasteiger partial charge in [-0.1, -0.05) is 83.1 Å². The van der Waals surface area contributed by atoms with Gasteiger partial charge in [0.2, 0.25) is 11.8 Å². The summed E-state index contributed by atoms with van der Waals surface area (Å²) in [6.45, 7) is 12.6. The monoisotopic (exact) mass is 614 g/mol. The largest absolute Gasteiger partial charge is 0.351 e. The molecule has 2 aliphatic rings. The summed E-state index contributed by atoms with van der Waals surface area (Å²) in [6.07, 6.45) is 4.99. The number of aromatic nitrogens is 1. The van der Waals surface area contributed by atoms with E-state index in [1.807, 2.05) is 66.4 Å². The maximum Gasteiger partial charge on any atom is 0.252 e. The number of nitrogens with one attached hydrogen (secondary N) is 2. The Morgan fingerprint density at radius 1 is 0.932 bits per heavy atom. The van der Waals surface area contributed by atoms with Crippen LogP contribution in [0.25, 0.3) is 10.6 Å². The van der Waals surface area contributed by atoms with Crippen molar-refractivity contribution in [2.45, 2.75) is 84.6 Å². The lowest BCUT2D eigenvalue weighted by Crippen LogP contribution is -2.49. The van der Waals surface area contributed by atoms with Crippen molar-refractivity contribution in [2.75, 3.05) is 19.6 Å². The SMILES string of the molecule is CC1(CNC(=O)c2ccccc2-c2nc(C(C)(C)C)cs2)CCC(C)(C(=O)N[C@H](C(=O)N2CCCC2)c2ccccc2)CC1. The van der Waals surface area contributed by atoms with Crippen molar-refractivity contribution in [1.82, 2.24) is 20.5 Å². The molecule has 44 heavy (non-hydrogen) atoms. The quantitative estimate of drug-likeness (QED) is 0.289. The third-order valence-corrected chi connectivity index (χ3v) is 10.4. The zero-order valence-electron chi connectivity index (χ0n) is 26.7. The van der Waals surface area contributed by atoms with E-state index < -0.39 is 11.5 Å². The van der Waals surface area contributed by atoms with Gasteiger partial charge in [0, 0.05) is 47.0 Å². The van der Waals surface area contributed by atoms with E-state index >= 15 is 0 Å². The molecule has 3 aromatic rings. The first kappa shape index (κ1) is 31.9. The zero-order valence-corrected chi connectivity index (χ0v) is 27.6. The van der Waals surface area contributed by atoms with Crippen LogP contribution in [0.3, 0.4) is 0 Å². The van der Waals surface area contributed by atoms with Crippen molar-refractivity contribution in [1.29, 1.82) is 0 Å². The summed E-state index contributed by atoms with van der Waals surface area (Å²) in [4.78, 5) is 47.4. The Hall–Kier alpha value is -3.52. The van der Waals surface area contributed by atoms with Gasteiger partial charge in [0.15, 0.2) is 0 Å². The molecule has 0 unspecified atom stereocenters. The molecular formula is C36H46N4O3S. The third-order valence-electron chi connectivity index (χ3n) is 9.53. The fourth-order valence-corrected chi connectivity index (χ4v) is 7.25. The van der Waals surface area contributed by atoms with E-state index in [0.29, 0.717) is 24.9 Å². The molecule has 8 heteroatoms. The predicted molar refractivity (Wildman–Crippen MR) is 176 cm³/mol. The molecule has 0 spiro atoms. The fourth-order valence-electron chi connectivity index (χ4n) is 6.17. The highest BCUT2D eigenvalue weighted by Gasteiger charge is 2.43. The van der Waals surface area contributed by atoms with Gasteiger partial charge in [0.1, 0.15) is 11.0 Å².